The maximum atomic E-state index is 12.2. The summed E-state index contributed by atoms with van der Waals surface area (Å²) in [5, 5.41) is 21.3. The summed E-state index contributed by atoms with van der Waals surface area (Å²) in [5.74, 6) is -3.17. The Morgan fingerprint density at radius 2 is 2.17 bits per heavy atom. The van der Waals surface area contributed by atoms with Crippen LogP contribution in [0, 0.1) is 5.41 Å². The summed E-state index contributed by atoms with van der Waals surface area (Å²) in [7, 11) is 0. The molecule has 2 amide bonds. The van der Waals surface area contributed by atoms with Crippen LogP contribution in [-0.4, -0.2) is 45.0 Å². The molecule has 1 aliphatic carbocycles. The van der Waals surface area contributed by atoms with Gasteiger partial charge in [0.2, 0.25) is 0 Å². The number of carboxylic acids is 1. The molecule has 3 aliphatic rings. The summed E-state index contributed by atoms with van der Waals surface area (Å²) in [6.45, 7) is 3.67. The number of carbonyl (C=O) groups is 3. The van der Waals surface area contributed by atoms with Gasteiger partial charge in [0, 0.05) is 4.91 Å². The number of amides is 2. The van der Waals surface area contributed by atoms with Gasteiger partial charge in [-0.15, -0.1) is 4.41 Å². The molecule has 0 spiro atoms. The van der Waals surface area contributed by atoms with E-state index in [4.69, 9.17) is 5.11 Å². The molecule has 8 nitrogen and oxygen atoms in total. The summed E-state index contributed by atoms with van der Waals surface area (Å²) >= 11 is 1.38. The molecule has 1 atom stereocenters. The molecule has 9 heteroatoms. The highest BCUT2D eigenvalue weighted by molar-refractivity contribution is 8.01. The predicted molar refractivity (Wildman–Crippen MR) is 86.3 cm³/mol. The second kappa shape index (κ2) is 5.82. The zero-order valence-corrected chi connectivity index (χ0v) is 14.2. The van der Waals surface area contributed by atoms with Gasteiger partial charge in [0.15, 0.2) is 0 Å². The van der Waals surface area contributed by atoms with Gasteiger partial charge in [0.25, 0.3) is 11.8 Å². The van der Waals surface area contributed by atoms with Crippen LogP contribution in [0.4, 0.5) is 0 Å². The minimum Gasteiger partial charge on any atom is -0.509 e. The van der Waals surface area contributed by atoms with Crippen molar-refractivity contribution < 1.29 is 24.6 Å². The lowest BCUT2D eigenvalue weighted by Crippen LogP contribution is -2.52. The number of aliphatic hydroxyl groups is 1. The van der Waals surface area contributed by atoms with Crippen LogP contribution in [0.5, 0.6) is 0 Å². The number of carboxylic acid groups (broad SMARTS) is 1. The Bertz CT molecular complexity index is 697. The fourth-order valence-corrected chi connectivity index (χ4v) is 4.41. The Hall–Kier alpha value is -2.00. The summed E-state index contributed by atoms with van der Waals surface area (Å²) in [6, 6.07) is -0.576. The molecule has 24 heavy (non-hydrogen) atoms. The number of hydrogen-bond acceptors (Lipinski definition) is 6. The molecule has 0 aromatic heterocycles. The van der Waals surface area contributed by atoms with Gasteiger partial charge in [-0.1, -0.05) is 13.8 Å². The fraction of sp³-hybridized carbons (Fsp3) is 0.533. The fourth-order valence-electron chi connectivity index (χ4n) is 3.22. The van der Waals surface area contributed by atoms with Gasteiger partial charge in [-0.05, 0) is 42.2 Å². The van der Waals surface area contributed by atoms with Crippen molar-refractivity contribution in [2.75, 3.05) is 6.54 Å². The van der Waals surface area contributed by atoms with E-state index in [2.05, 4.69) is 24.6 Å². The van der Waals surface area contributed by atoms with Crippen LogP contribution in [0.1, 0.15) is 33.1 Å². The SMILES string of the molecule is CC1(C)CCC2=C(C1)C1C(O)=C(C(=O)NCC(=O)O)C(=O)NN1S2. The number of allylic oxidation sites excluding steroid dienone is 1. The third kappa shape index (κ3) is 2.89. The van der Waals surface area contributed by atoms with Gasteiger partial charge in [-0.2, -0.15) is 0 Å². The van der Waals surface area contributed by atoms with Gasteiger partial charge in [0.1, 0.15) is 23.9 Å². The average Bonchev–Trinajstić information content (AvgIpc) is 2.81. The third-order valence-electron chi connectivity index (χ3n) is 4.41. The average molecular weight is 353 g/mol. The molecular formula is C15H19N3O5S. The van der Waals surface area contributed by atoms with Crippen molar-refractivity contribution in [1.82, 2.24) is 15.2 Å². The number of aliphatic hydroxyl groups excluding tert-OH is 1. The number of nitrogens with zero attached hydrogens (tertiary/aromatic N) is 1. The summed E-state index contributed by atoms with van der Waals surface area (Å²) in [5.41, 5.74) is 3.28. The molecule has 3 rings (SSSR count). The molecule has 0 saturated carbocycles. The molecule has 0 fully saturated rings. The topological polar surface area (TPSA) is 119 Å². The van der Waals surface area contributed by atoms with E-state index < -0.39 is 35.9 Å². The first kappa shape index (κ1) is 16.8. The quantitative estimate of drug-likeness (QED) is 0.438. The lowest BCUT2D eigenvalue weighted by Gasteiger charge is -2.34. The summed E-state index contributed by atoms with van der Waals surface area (Å²) < 4.78 is 1.57. The molecule has 4 N–H and O–H groups in total. The maximum Gasteiger partial charge on any atom is 0.322 e. The van der Waals surface area contributed by atoms with E-state index in [1.165, 1.54) is 11.9 Å². The van der Waals surface area contributed by atoms with Crippen LogP contribution in [0.25, 0.3) is 0 Å². The van der Waals surface area contributed by atoms with E-state index in [9.17, 15) is 19.5 Å². The Morgan fingerprint density at radius 1 is 1.46 bits per heavy atom. The zero-order chi connectivity index (χ0) is 17.6. The highest BCUT2D eigenvalue weighted by Gasteiger charge is 2.47. The number of hydrazine groups is 1. The van der Waals surface area contributed by atoms with E-state index in [-0.39, 0.29) is 11.2 Å². The van der Waals surface area contributed by atoms with E-state index in [1.54, 1.807) is 4.41 Å². The van der Waals surface area contributed by atoms with E-state index >= 15 is 0 Å². The lowest BCUT2D eigenvalue weighted by molar-refractivity contribution is -0.138. The van der Waals surface area contributed by atoms with Gasteiger partial charge in [-0.3, -0.25) is 19.8 Å². The van der Waals surface area contributed by atoms with Gasteiger partial charge < -0.3 is 15.5 Å². The second-order valence-corrected chi connectivity index (χ2v) is 7.96. The largest absolute Gasteiger partial charge is 0.509 e. The molecule has 0 aromatic carbocycles. The third-order valence-corrected chi connectivity index (χ3v) is 5.60. The van der Waals surface area contributed by atoms with Crippen LogP contribution in [0.3, 0.4) is 0 Å². The van der Waals surface area contributed by atoms with E-state index in [1.807, 2.05) is 0 Å². The molecule has 2 heterocycles. The van der Waals surface area contributed by atoms with Crippen molar-refractivity contribution >= 4 is 29.7 Å². The molecule has 0 saturated heterocycles. The number of fused-ring (bicyclic) bond motifs is 2. The molecular weight excluding hydrogens is 334 g/mol. The number of aliphatic carboxylic acids is 1. The minimum absolute atomic E-state index is 0.0862. The first-order valence-corrected chi connectivity index (χ1v) is 8.40. The Labute approximate surface area is 143 Å². The molecule has 0 aromatic rings. The molecule has 130 valence electrons. The highest BCUT2D eigenvalue weighted by Crippen LogP contribution is 2.52. The van der Waals surface area contributed by atoms with Gasteiger partial charge in [0.05, 0.1) is 0 Å². The number of hydrogen-bond donors (Lipinski definition) is 4. The smallest absolute Gasteiger partial charge is 0.322 e. The van der Waals surface area contributed by atoms with Crippen molar-refractivity contribution in [3.63, 3.8) is 0 Å². The first-order chi connectivity index (χ1) is 11.2. The highest BCUT2D eigenvalue weighted by atomic mass is 32.2. The Kier molecular flexibility index (Phi) is 4.08. The first-order valence-electron chi connectivity index (χ1n) is 7.63. The number of rotatable bonds is 3. The Morgan fingerprint density at radius 3 is 2.83 bits per heavy atom. The van der Waals surface area contributed by atoms with E-state index in [0.29, 0.717) is 0 Å². The Balaban J connectivity index is 1.92. The van der Waals surface area contributed by atoms with Gasteiger partial charge in [-0.25, -0.2) is 0 Å². The monoisotopic (exact) mass is 353 g/mol. The van der Waals surface area contributed by atoms with Crippen LogP contribution in [0.15, 0.2) is 21.8 Å². The van der Waals surface area contributed by atoms with Crippen LogP contribution < -0.4 is 10.7 Å². The molecule has 0 bridgehead atoms. The normalized spacial score (nSPS) is 25.9. The van der Waals surface area contributed by atoms with Crippen molar-refractivity contribution in [3.8, 4) is 0 Å². The minimum atomic E-state index is -1.23. The number of nitrogens with one attached hydrogen (secondary N) is 2. The molecule has 0 radical (unpaired) electrons. The molecule has 2 aliphatic heterocycles. The van der Waals surface area contributed by atoms with Crippen molar-refractivity contribution in [2.45, 2.75) is 39.2 Å². The van der Waals surface area contributed by atoms with Crippen molar-refractivity contribution in [2.24, 2.45) is 5.41 Å². The molecule has 1 unspecified atom stereocenters. The summed E-state index contributed by atoms with van der Waals surface area (Å²) in [4.78, 5) is 35.9. The van der Waals surface area contributed by atoms with Gasteiger partial charge >= 0.3 is 5.97 Å². The maximum absolute atomic E-state index is 12.2. The van der Waals surface area contributed by atoms with Crippen LogP contribution in [0.2, 0.25) is 0 Å². The van der Waals surface area contributed by atoms with Crippen LogP contribution in [-0.2, 0) is 14.4 Å². The van der Waals surface area contributed by atoms with Crippen molar-refractivity contribution in [3.05, 3.63) is 21.8 Å². The standard InChI is InChI=1S/C15H19N3O5S/c1-15(2)4-3-8-7(5-15)11-12(21)10(13(22)16-6-9(19)20)14(23)17-18(11)24-8/h11,21H,3-6H2,1-2H3,(H,16,22)(H,17,23)(H,19,20). The van der Waals surface area contributed by atoms with E-state index in [0.717, 1.165) is 29.7 Å². The summed E-state index contributed by atoms with van der Waals surface area (Å²) in [6.07, 6.45) is 2.65. The number of carbonyl (C=O) groups excluding carboxylic acids is 2. The second-order valence-electron chi connectivity index (χ2n) is 6.89. The van der Waals surface area contributed by atoms with Crippen molar-refractivity contribution in [1.29, 1.82) is 0 Å². The predicted octanol–water partition coefficient (Wildman–Crippen LogP) is 0.841. The van der Waals surface area contributed by atoms with Crippen LogP contribution >= 0.6 is 11.9 Å². The lowest BCUT2D eigenvalue weighted by atomic mass is 9.75. The zero-order valence-electron chi connectivity index (χ0n) is 13.4.